The van der Waals surface area contributed by atoms with Crippen LogP contribution in [0, 0.1) is 17.8 Å². The van der Waals surface area contributed by atoms with Gasteiger partial charge in [-0.3, -0.25) is 0 Å². The van der Waals surface area contributed by atoms with Gasteiger partial charge < -0.3 is 43.3 Å². The van der Waals surface area contributed by atoms with E-state index in [1.165, 1.54) is 181 Å². The largest absolute Gasteiger partial charge is 1.00 e. The molecule has 6 rings (SSSR count). The Labute approximate surface area is 313 Å². The van der Waals surface area contributed by atoms with Gasteiger partial charge in [0.25, 0.3) is 0 Å². The summed E-state index contributed by atoms with van der Waals surface area (Å²) in [5.41, 5.74) is 0. The summed E-state index contributed by atoms with van der Waals surface area (Å²) >= 11 is 2.29. The van der Waals surface area contributed by atoms with Crippen LogP contribution >= 0.6 is 22.6 Å². The fourth-order valence-electron chi connectivity index (χ4n) is 10.4. The van der Waals surface area contributed by atoms with Crippen molar-refractivity contribution in [3.63, 3.8) is 0 Å². The van der Waals surface area contributed by atoms with E-state index in [2.05, 4.69) is 69.0 Å². The second-order valence-electron chi connectivity index (χ2n) is 16.2. The maximum atomic E-state index is 2.73. The first-order valence-corrected chi connectivity index (χ1v) is 21.3. The van der Waals surface area contributed by atoms with Crippen LogP contribution in [0.5, 0.6) is 0 Å². The van der Waals surface area contributed by atoms with Gasteiger partial charge in [-0.2, -0.15) is 0 Å². The maximum Gasteiger partial charge on any atom is 0.0892 e. The molecule has 6 atom stereocenters. The Morgan fingerprint density at radius 1 is 0.533 bits per heavy atom. The smallest absolute Gasteiger partial charge is 0.0892 e. The van der Waals surface area contributed by atoms with Crippen LogP contribution in [-0.4, -0.2) is 94.3 Å². The van der Waals surface area contributed by atoms with Crippen molar-refractivity contribution < 1.29 is 38.4 Å². The van der Waals surface area contributed by atoms with E-state index in [0.29, 0.717) is 0 Å². The zero-order chi connectivity index (χ0) is 31.1. The first-order chi connectivity index (χ1) is 20.8. The first-order valence-electron chi connectivity index (χ1n) is 19.8. The number of rotatable bonds is 5. The molecule has 1 N–H and O–H groups in total. The third-order valence-electron chi connectivity index (χ3n) is 13.1. The van der Waals surface area contributed by atoms with Crippen LogP contribution in [0.1, 0.15) is 157 Å². The molecule has 3 aliphatic heterocycles. The lowest BCUT2D eigenvalue weighted by molar-refractivity contribution is -0.940. The van der Waals surface area contributed by atoms with Crippen LogP contribution in [0.25, 0.3) is 0 Å². The van der Waals surface area contributed by atoms with Crippen LogP contribution in [-0.2, 0) is 0 Å². The number of alkyl halides is 1. The molecule has 3 saturated heterocycles. The summed E-state index contributed by atoms with van der Waals surface area (Å²) in [7, 11) is 0. The summed E-state index contributed by atoms with van der Waals surface area (Å²) in [5.74, 6) is 2.98. The molecule has 6 unspecified atom stereocenters. The molecule has 0 amide bonds. The molecule has 3 heterocycles. The van der Waals surface area contributed by atoms with Crippen molar-refractivity contribution in [1.29, 1.82) is 0 Å². The fraction of sp³-hybridized carbons (Fsp3) is 1.00. The van der Waals surface area contributed by atoms with Crippen molar-refractivity contribution in [3.05, 3.63) is 0 Å². The molecule has 3 aliphatic carbocycles. The van der Waals surface area contributed by atoms with Crippen LogP contribution in [0.4, 0.5) is 0 Å². The second-order valence-corrected chi connectivity index (χ2v) is 17.7. The molecule has 6 heteroatoms. The van der Waals surface area contributed by atoms with E-state index in [1.54, 1.807) is 0 Å². The lowest BCUT2D eigenvalue weighted by Gasteiger charge is -2.44. The Kier molecular flexibility index (Phi) is 23.3. The van der Waals surface area contributed by atoms with Crippen molar-refractivity contribution in [2.75, 3.05) is 56.8 Å². The fourth-order valence-corrected chi connectivity index (χ4v) is 10.4. The summed E-state index contributed by atoms with van der Waals surface area (Å²) in [6, 6.07) is 2.99. The van der Waals surface area contributed by atoms with Gasteiger partial charge in [-0.1, -0.05) is 76.0 Å². The number of nitrogens with zero attached hydrogens (tertiary/aromatic N) is 3. The van der Waals surface area contributed by atoms with Gasteiger partial charge in [0.05, 0.1) is 51.4 Å². The number of likely N-dealkylation sites (tertiary alicyclic amines) is 3. The molecule has 0 radical (unpaired) electrons. The highest BCUT2D eigenvalue weighted by molar-refractivity contribution is 14.1. The zero-order valence-corrected chi connectivity index (χ0v) is 35.4. The van der Waals surface area contributed by atoms with Crippen LogP contribution < -0.4 is 24.0 Å². The minimum atomic E-state index is 0. The number of halogens is 2. The maximum absolute atomic E-state index is 2.73. The summed E-state index contributed by atoms with van der Waals surface area (Å²) < 4.78 is 4.17. The molecule has 270 valence electrons. The lowest BCUT2D eigenvalue weighted by atomic mass is 9.85. The Morgan fingerprint density at radius 3 is 1.22 bits per heavy atom. The standard InChI is InChI=1S/2C13H26N.C11H21N.C2H5I.HI.H2O/c2*1-3-14(9-4-5-10-14)13-8-6-7-12(2)11-13;1-10-5-4-6-11(9-10)12-7-2-3-8-12;1-2-3;;/h2*12-13H,3-11H2,1-2H3;10-11H,2-9H2,1H3;2H2,1H3;1H;1H2/q2*+1;;;;/p-2. The van der Waals surface area contributed by atoms with Gasteiger partial charge in [0, 0.05) is 44.6 Å². The highest BCUT2D eigenvalue weighted by Crippen LogP contribution is 2.36. The topological polar surface area (TPSA) is 33.2 Å². The van der Waals surface area contributed by atoms with E-state index in [0.717, 1.165) is 35.9 Å². The van der Waals surface area contributed by atoms with Crippen molar-refractivity contribution in [1.82, 2.24) is 4.90 Å². The van der Waals surface area contributed by atoms with Gasteiger partial charge in [-0.15, -0.1) is 0 Å². The van der Waals surface area contributed by atoms with Crippen LogP contribution in [0.15, 0.2) is 0 Å². The number of hydrogen-bond acceptors (Lipinski definition) is 2. The zero-order valence-electron chi connectivity index (χ0n) is 31.1. The third kappa shape index (κ3) is 13.9. The number of hydrogen-bond donors (Lipinski definition) is 0. The summed E-state index contributed by atoms with van der Waals surface area (Å²) in [5, 5.41) is 0. The van der Waals surface area contributed by atoms with E-state index in [-0.39, 0.29) is 29.5 Å². The Balaban J connectivity index is 0.000000317. The van der Waals surface area contributed by atoms with Crippen molar-refractivity contribution in [3.8, 4) is 0 Å². The highest BCUT2D eigenvalue weighted by Gasteiger charge is 2.41. The van der Waals surface area contributed by atoms with E-state index in [9.17, 15) is 0 Å². The summed E-state index contributed by atoms with van der Waals surface area (Å²) in [6.45, 7) is 25.7. The molecule has 0 spiro atoms. The second kappa shape index (κ2) is 23.7. The molecule has 4 nitrogen and oxygen atoms in total. The predicted octanol–water partition coefficient (Wildman–Crippen LogP) is 7.32. The van der Waals surface area contributed by atoms with Crippen molar-refractivity contribution >= 4 is 22.6 Å². The molecule has 6 fully saturated rings. The Morgan fingerprint density at radius 2 is 0.889 bits per heavy atom. The van der Waals surface area contributed by atoms with Gasteiger partial charge in [-0.05, 0) is 100 Å². The molecule has 0 aromatic rings. The Hall–Kier alpha value is 1.30. The quantitative estimate of drug-likeness (QED) is 0.165. The molecular formula is C39H79I2N3O. The average Bonchev–Trinajstić information content (AvgIpc) is 3.81. The summed E-state index contributed by atoms with van der Waals surface area (Å²) in [4.78, 5) is 2.73. The molecule has 0 bridgehead atoms. The van der Waals surface area contributed by atoms with E-state index < -0.39 is 0 Å². The van der Waals surface area contributed by atoms with E-state index in [4.69, 9.17) is 0 Å². The molecule has 0 aromatic heterocycles. The lowest BCUT2D eigenvalue weighted by Crippen LogP contribution is -3.00. The van der Waals surface area contributed by atoms with E-state index >= 15 is 0 Å². The minimum absolute atomic E-state index is 0. The molecule has 45 heavy (non-hydrogen) atoms. The first kappa shape index (κ1) is 44.3. The molecular weight excluding hydrogens is 780 g/mol. The van der Waals surface area contributed by atoms with Gasteiger partial charge in [0.1, 0.15) is 0 Å². The predicted molar refractivity (Wildman–Crippen MR) is 201 cm³/mol. The van der Waals surface area contributed by atoms with Gasteiger partial charge in [-0.25, -0.2) is 0 Å². The monoisotopic (exact) mass is 859 g/mol. The summed E-state index contributed by atoms with van der Waals surface area (Å²) in [6.07, 6.45) is 26.7. The van der Waals surface area contributed by atoms with Crippen molar-refractivity contribution in [2.24, 2.45) is 17.8 Å². The minimum Gasteiger partial charge on any atom is -1.00 e. The van der Waals surface area contributed by atoms with Gasteiger partial charge in [0.2, 0.25) is 0 Å². The SMILES string of the molecule is CC1CCCC(N2CCCC2)C1.CCI.CC[N+]1(C2CCCC(C)C2)CCCC1.CC[N+]1(C2CCCC(C)C2)CCCC1.[I-].[OH-]. The van der Waals surface area contributed by atoms with Gasteiger partial charge >= 0.3 is 0 Å². The van der Waals surface area contributed by atoms with E-state index in [1.807, 2.05) is 0 Å². The van der Waals surface area contributed by atoms with Crippen molar-refractivity contribution in [2.45, 2.75) is 175 Å². The molecule has 0 aromatic carbocycles. The normalized spacial score (nSPS) is 33.9. The number of quaternary nitrogens is 2. The van der Waals surface area contributed by atoms with Crippen LogP contribution in [0.3, 0.4) is 0 Å². The average molecular weight is 860 g/mol. The van der Waals surface area contributed by atoms with Crippen LogP contribution in [0.2, 0.25) is 0 Å². The third-order valence-corrected chi connectivity index (χ3v) is 13.1. The molecule has 6 aliphatic rings. The van der Waals surface area contributed by atoms with Gasteiger partial charge in [0.15, 0.2) is 0 Å². The highest BCUT2D eigenvalue weighted by atomic mass is 127. The Bertz CT molecular complexity index is 679. The molecule has 3 saturated carbocycles.